The summed E-state index contributed by atoms with van der Waals surface area (Å²) < 4.78 is 59.2. The van der Waals surface area contributed by atoms with E-state index in [2.05, 4.69) is 14.8 Å². The third kappa shape index (κ3) is 6.19. The fourth-order valence-corrected chi connectivity index (χ4v) is 1.94. The van der Waals surface area contributed by atoms with Gasteiger partial charge >= 0.3 is 17.4 Å². The number of alkyl halides is 3. The van der Waals surface area contributed by atoms with Crippen LogP contribution in [0, 0.1) is 5.82 Å². The van der Waals surface area contributed by atoms with Gasteiger partial charge in [0.25, 0.3) is 0 Å². The molecular weight excluding hydrogens is 342 g/mol. The summed E-state index contributed by atoms with van der Waals surface area (Å²) >= 11 is -0.481. The molecule has 0 amide bonds. The van der Waals surface area contributed by atoms with Crippen LogP contribution in [0.25, 0.3) is 0 Å². The maximum atomic E-state index is 13.8. The molecule has 0 bridgehead atoms. The number of thioether (sulfide) groups is 1. The van der Waals surface area contributed by atoms with Crippen molar-refractivity contribution in [2.45, 2.75) is 10.4 Å². The normalized spacial score (nSPS) is 11.8. The Morgan fingerprint density at radius 3 is 2.35 bits per heavy atom. The molecule has 0 heterocycles. The number of carbonyl (C=O) groups is 2. The van der Waals surface area contributed by atoms with Gasteiger partial charge in [-0.25, -0.2) is 14.0 Å². The highest BCUT2D eigenvalue weighted by molar-refractivity contribution is 8.00. The molecule has 0 saturated heterocycles. The predicted molar refractivity (Wildman–Crippen MR) is 74.0 cm³/mol. The Morgan fingerprint density at radius 2 is 1.87 bits per heavy atom. The van der Waals surface area contributed by atoms with E-state index in [1.807, 2.05) is 0 Å². The van der Waals surface area contributed by atoms with Crippen molar-refractivity contribution in [2.75, 3.05) is 19.5 Å². The summed E-state index contributed by atoms with van der Waals surface area (Å²) in [6.45, 7) is 0. The van der Waals surface area contributed by atoms with Crippen LogP contribution in [0.3, 0.4) is 0 Å². The van der Waals surface area contributed by atoms with Crippen LogP contribution >= 0.6 is 11.8 Å². The highest BCUT2D eigenvalue weighted by Crippen LogP contribution is 2.37. The van der Waals surface area contributed by atoms with Crippen LogP contribution in [0.5, 0.6) is 0 Å². The summed E-state index contributed by atoms with van der Waals surface area (Å²) in [5.41, 5.74) is -5.30. The average molecular weight is 353 g/mol. The molecule has 1 aromatic rings. The number of esters is 2. The number of rotatable bonds is 5. The number of hydrogen-bond donors (Lipinski definition) is 1. The first-order chi connectivity index (χ1) is 10.7. The summed E-state index contributed by atoms with van der Waals surface area (Å²) in [5, 5.41) is 2.27. The van der Waals surface area contributed by atoms with E-state index < -0.39 is 40.7 Å². The van der Waals surface area contributed by atoms with Gasteiger partial charge in [0, 0.05) is 4.90 Å². The SMILES string of the molecule is COC(=O)/C=C(/Nc1ccc(SC(F)(F)F)cc1F)C(=O)OC. The lowest BCUT2D eigenvalue weighted by Gasteiger charge is -2.11. The van der Waals surface area contributed by atoms with Crippen molar-refractivity contribution in [2.24, 2.45) is 0 Å². The van der Waals surface area contributed by atoms with E-state index in [1.165, 1.54) is 0 Å². The lowest BCUT2D eigenvalue weighted by Crippen LogP contribution is -2.16. The summed E-state index contributed by atoms with van der Waals surface area (Å²) in [7, 11) is 2.10. The molecule has 1 aromatic carbocycles. The average Bonchev–Trinajstić information content (AvgIpc) is 2.46. The van der Waals surface area contributed by atoms with Crippen molar-refractivity contribution < 1.29 is 36.6 Å². The lowest BCUT2D eigenvalue weighted by molar-refractivity contribution is -0.138. The van der Waals surface area contributed by atoms with E-state index in [-0.39, 0.29) is 10.6 Å². The predicted octanol–water partition coefficient (Wildman–Crippen LogP) is 3.08. The highest BCUT2D eigenvalue weighted by Gasteiger charge is 2.29. The van der Waals surface area contributed by atoms with Gasteiger partial charge in [0.05, 0.1) is 26.0 Å². The molecule has 0 fully saturated rings. The monoisotopic (exact) mass is 353 g/mol. The van der Waals surface area contributed by atoms with Crippen LogP contribution in [-0.2, 0) is 19.1 Å². The fourth-order valence-electron chi connectivity index (χ4n) is 1.37. The van der Waals surface area contributed by atoms with E-state index in [4.69, 9.17) is 0 Å². The number of methoxy groups -OCH3 is 2. The van der Waals surface area contributed by atoms with Gasteiger partial charge in [-0.2, -0.15) is 13.2 Å². The van der Waals surface area contributed by atoms with Gasteiger partial charge in [-0.1, -0.05) is 0 Å². The topological polar surface area (TPSA) is 64.6 Å². The molecule has 10 heteroatoms. The molecule has 5 nitrogen and oxygen atoms in total. The van der Waals surface area contributed by atoms with Gasteiger partial charge < -0.3 is 14.8 Å². The zero-order chi connectivity index (χ0) is 17.6. The van der Waals surface area contributed by atoms with Crippen LogP contribution in [0.2, 0.25) is 0 Å². The molecule has 0 unspecified atom stereocenters. The van der Waals surface area contributed by atoms with E-state index in [9.17, 15) is 27.2 Å². The maximum absolute atomic E-state index is 13.8. The largest absolute Gasteiger partial charge is 0.466 e. The molecule has 0 spiro atoms. The van der Waals surface area contributed by atoms with Crippen molar-refractivity contribution in [1.29, 1.82) is 0 Å². The summed E-state index contributed by atoms with van der Waals surface area (Å²) in [5.74, 6) is -2.93. The first-order valence-electron chi connectivity index (χ1n) is 5.86. The van der Waals surface area contributed by atoms with Gasteiger partial charge in [0.1, 0.15) is 11.5 Å². The summed E-state index contributed by atoms with van der Waals surface area (Å²) in [4.78, 5) is 22.3. The zero-order valence-corrected chi connectivity index (χ0v) is 12.7. The van der Waals surface area contributed by atoms with Crippen LogP contribution in [0.4, 0.5) is 23.2 Å². The van der Waals surface area contributed by atoms with E-state index in [0.717, 1.165) is 32.4 Å². The fraction of sp³-hybridized carbons (Fsp3) is 0.231. The standard InChI is InChI=1S/C13H11F4NO4S/c1-21-11(19)6-10(12(20)22-2)18-9-4-3-7(5-8(9)14)23-13(15,16)17/h3-6,18H,1-2H3/b10-6+. The van der Waals surface area contributed by atoms with Crippen LogP contribution in [-0.4, -0.2) is 31.7 Å². The Bertz CT molecular complexity index is 631. The highest BCUT2D eigenvalue weighted by atomic mass is 32.2. The number of hydrogen-bond acceptors (Lipinski definition) is 6. The molecule has 0 aliphatic carbocycles. The quantitative estimate of drug-likeness (QED) is 0.380. The number of halogens is 4. The minimum Gasteiger partial charge on any atom is -0.466 e. The number of carbonyl (C=O) groups excluding carboxylic acids is 2. The van der Waals surface area contributed by atoms with E-state index in [1.54, 1.807) is 0 Å². The van der Waals surface area contributed by atoms with Gasteiger partial charge in [-0.3, -0.25) is 0 Å². The third-order valence-electron chi connectivity index (χ3n) is 2.31. The Morgan fingerprint density at radius 1 is 1.22 bits per heavy atom. The van der Waals surface area contributed by atoms with Crippen LogP contribution < -0.4 is 5.32 Å². The molecule has 0 aliphatic heterocycles. The molecule has 1 N–H and O–H groups in total. The second-order valence-electron chi connectivity index (χ2n) is 3.89. The van der Waals surface area contributed by atoms with Crippen molar-refractivity contribution in [3.05, 3.63) is 35.8 Å². The van der Waals surface area contributed by atoms with Crippen LogP contribution in [0.15, 0.2) is 34.9 Å². The first kappa shape index (κ1) is 18.8. The van der Waals surface area contributed by atoms with Crippen molar-refractivity contribution in [1.82, 2.24) is 0 Å². The maximum Gasteiger partial charge on any atom is 0.446 e. The van der Waals surface area contributed by atoms with E-state index >= 15 is 0 Å². The molecule has 23 heavy (non-hydrogen) atoms. The Kier molecular flexibility index (Phi) is 6.43. The Balaban J connectivity index is 3.03. The minimum atomic E-state index is -4.55. The molecule has 0 aliphatic rings. The van der Waals surface area contributed by atoms with E-state index in [0.29, 0.717) is 6.07 Å². The van der Waals surface area contributed by atoms with Gasteiger partial charge in [0.15, 0.2) is 0 Å². The second kappa shape index (κ2) is 7.86. The summed E-state index contributed by atoms with van der Waals surface area (Å²) in [6.07, 6.45) is 0.726. The zero-order valence-electron chi connectivity index (χ0n) is 11.9. The van der Waals surface area contributed by atoms with Crippen molar-refractivity contribution in [3.8, 4) is 0 Å². The van der Waals surface area contributed by atoms with Gasteiger partial charge in [-0.05, 0) is 30.0 Å². The number of anilines is 1. The Hall–Kier alpha value is -2.23. The molecular formula is C13H11F4NO4S. The molecule has 1 rings (SSSR count). The lowest BCUT2D eigenvalue weighted by atomic mass is 10.3. The van der Waals surface area contributed by atoms with Crippen molar-refractivity contribution >= 4 is 29.4 Å². The van der Waals surface area contributed by atoms with Gasteiger partial charge in [0.2, 0.25) is 0 Å². The smallest absolute Gasteiger partial charge is 0.446 e. The molecule has 0 saturated carbocycles. The molecule has 126 valence electrons. The first-order valence-corrected chi connectivity index (χ1v) is 6.68. The van der Waals surface area contributed by atoms with Crippen molar-refractivity contribution in [3.63, 3.8) is 0 Å². The van der Waals surface area contributed by atoms with Crippen LogP contribution in [0.1, 0.15) is 0 Å². The third-order valence-corrected chi connectivity index (χ3v) is 3.03. The molecule has 0 atom stereocenters. The molecule has 0 aromatic heterocycles. The molecule has 0 radical (unpaired) electrons. The number of ether oxygens (including phenoxy) is 2. The number of benzene rings is 1. The number of nitrogens with one attached hydrogen (secondary N) is 1. The minimum absolute atomic E-state index is 0.308. The van der Waals surface area contributed by atoms with Gasteiger partial charge in [-0.15, -0.1) is 0 Å². The second-order valence-corrected chi connectivity index (χ2v) is 5.03. The summed E-state index contributed by atoms with van der Waals surface area (Å²) in [6, 6.07) is 2.65. The Labute approximate surface area is 132 Å².